The van der Waals surface area contributed by atoms with Crippen molar-refractivity contribution in [3.05, 3.63) is 59.1 Å². The molecular formula is C15H13ClOS. The van der Waals surface area contributed by atoms with Crippen LogP contribution in [0.4, 0.5) is 0 Å². The van der Waals surface area contributed by atoms with Crippen molar-refractivity contribution in [1.82, 2.24) is 0 Å². The molecule has 0 N–H and O–H groups in total. The van der Waals surface area contributed by atoms with E-state index in [1.54, 1.807) is 11.8 Å². The minimum absolute atomic E-state index is 0.171. The second-order valence-electron chi connectivity index (χ2n) is 3.83. The minimum atomic E-state index is 0.171. The molecule has 0 atom stereocenters. The van der Waals surface area contributed by atoms with Crippen LogP contribution in [-0.4, -0.2) is 5.78 Å². The number of halogens is 1. The van der Waals surface area contributed by atoms with E-state index in [0.29, 0.717) is 6.42 Å². The van der Waals surface area contributed by atoms with Crippen LogP contribution in [0.1, 0.15) is 23.7 Å². The summed E-state index contributed by atoms with van der Waals surface area (Å²) in [6.45, 7) is 1.87. The lowest BCUT2D eigenvalue weighted by Gasteiger charge is -2.04. The first-order chi connectivity index (χ1) is 8.70. The zero-order valence-corrected chi connectivity index (χ0v) is 11.6. The topological polar surface area (TPSA) is 17.1 Å². The normalized spacial score (nSPS) is 10.3. The highest BCUT2D eigenvalue weighted by Crippen LogP contribution is 2.32. The fraction of sp³-hybridized carbons (Fsp3) is 0.133. The summed E-state index contributed by atoms with van der Waals surface area (Å²) in [4.78, 5) is 13.6. The summed E-state index contributed by atoms with van der Waals surface area (Å²) in [5.41, 5.74) is 0.765. The summed E-state index contributed by atoms with van der Waals surface area (Å²) in [5, 5.41) is 0.746. The minimum Gasteiger partial charge on any atom is -0.294 e. The van der Waals surface area contributed by atoms with Crippen molar-refractivity contribution >= 4 is 29.1 Å². The number of rotatable bonds is 4. The van der Waals surface area contributed by atoms with Gasteiger partial charge in [-0.05, 0) is 24.3 Å². The smallest absolute Gasteiger partial charge is 0.162 e. The van der Waals surface area contributed by atoms with E-state index in [1.165, 1.54) is 0 Å². The van der Waals surface area contributed by atoms with Crippen LogP contribution in [0.3, 0.4) is 0 Å². The Balaban J connectivity index is 2.16. The highest BCUT2D eigenvalue weighted by Gasteiger charge is 2.04. The summed E-state index contributed by atoms with van der Waals surface area (Å²) in [5.74, 6) is 0.171. The molecule has 2 aromatic rings. The molecule has 2 aromatic carbocycles. The Morgan fingerprint density at radius 3 is 2.39 bits per heavy atom. The van der Waals surface area contributed by atoms with Crippen molar-refractivity contribution in [3.8, 4) is 0 Å². The molecule has 18 heavy (non-hydrogen) atoms. The second kappa shape index (κ2) is 6.07. The van der Waals surface area contributed by atoms with Crippen LogP contribution in [0.5, 0.6) is 0 Å². The van der Waals surface area contributed by atoms with Gasteiger partial charge in [0, 0.05) is 21.8 Å². The van der Waals surface area contributed by atoms with Gasteiger partial charge in [-0.25, -0.2) is 0 Å². The lowest BCUT2D eigenvalue weighted by Crippen LogP contribution is -1.95. The molecule has 0 bridgehead atoms. The molecule has 0 spiro atoms. The average molecular weight is 277 g/mol. The van der Waals surface area contributed by atoms with Gasteiger partial charge >= 0.3 is 0 Å². The monoisotopic (exact) mass is 276 g/mol. The van der Waals surface area contributed by atoms with Crippen LogP contribution >= 0.6 is 23.4 Å². The van der Waals surface area contributed by atoms with Crippen LogP contribution in [0.2, 0.25) is 5.02 Å². The highest BCUT2D eigenvalue weighted by atomic mass is 35.5. The lowest BCUT2D eigenvalue weighted by molar-refractivity contribution is 0.0988. The predicted octanol–water partition coefficient (Wildman–Crippen LogP) is 5.08. The number of hydrogen-bond acceptors (Lipinski definition) is 2. The van der Waals surface area contributed by atoms with Crippen LogP contribution in [0.15, 0.2) is 58.3 Å². The summed E-state index contributed by atoms with van der Waals surface area (Å²) in [6, 6.07) is 15.4. The quantitative estimate of drug-likeness (QED) is 0.724. The van der Waals surface area contributed by atoms with Gasteiger partial charge in [0.2, 0.25) is 0 Å². The molecule has 0 saturated carbocycles. The maximum Gasteiger partial charge on any atom is 0.162 e. The van der Waals surface area contributed by atoms with Crippen molar-refractivity contribution in [3.63, 3.8) is 0 Å². The van der Waals surface area contributed by atoms with E-state index >= 15 is 0 Å². The van der Waals surface area contributed by atoms with Crippen LogP contribution in [0.25, 0.3) is 0 Å². The number of carbonyl (C=O) groups is 1. The van der Waals surface area contributed by atoms with E-state index in [9.17, 15) is 4.79 Å². The molecule has 0 radical (unpaired) electrons. The fourth-order valence-electron chi connectivity index (χ4n) is 1.57. The SMILES string of the molecule is CCC(=O)c1ccc(Sc2ccccc2Cl)cc1. The zero-order chi connectivity index (χ0) is 13.0. The van der Waals surface area contributed by atoms with E-state index in [0.717, 1.165) is 20.4 Å². The second-order valence-corrected chi connectivity index (χ2v) is 5.36. The zero-order valence-electron chi connectivity index (χ0n) is 10.0. The van der Waals surface area contributed by atoms with Crippen molar-refractivity contribution in [2.75, 3.05) is 0 Å². The third kappa shape index (κ3) is 3.15. The summed E-state index contributed by atoms with van der Waals surface area (Å²) in [7, 11) is 0. The molecule has 0 heterocycles. The number of benzene rings is 2. The van der Waals surface area contributed by atoms with Crippen LogP contribution in [0, 0.1) is 0 Å². The Bertz CT molecular complexity index is 549. The maximum absolute atomic E-state index is 11.5. The van der Waals surface area contributed by atoms with Gasteiger partial charge in [-0.15, -0.1) is 0 Å². The van der Waals surface area contributed by atoms with E-state index in [2.05, 4.69) is 0 Å². The molecule has 92 valence electrons. The first kappa shape index (κ1) is 13.2. The van der Waals surface area contributed by atoms with E-state index < -0.39 is 0 Å². The Labute approximate surface area is 116 Å². The van der Waals surface area contributed by atoms with Crippen LogP contribution < -0.4 is 0 Å². The van der Waals surface area contributed by atoms with Gasteiger partial charge in [0.15, 0.2) is 5.78 Å². The Morgan fingerprint density at radius 2 is 1.78 bits per heavy atom. The molecule has 1 nitrogen and oxygen atoms in total. The highest BCUT2D eigenvalue weighted by molar-refractivity contribution is 7.99. The fourth-order valence-corrected chi connectivity index (χ4v) is 2.66. The van der Waals surface area contributed by atoms with Crippen molar-refractivity contribution < 1.29 is 4.79 Å². The molecule has 0 amide bonds. The largest absolute Gasteiger partial charge is 0.294 e. The molecule has 0 unspecified atom stereocenters. The van der Waals surface area contributed by atoms with Gasteiger partial charge in [0.05, 0.1) is 5.02 Å². The van der Waals surface area contributed by atoms with Crippen molar-refractivity contribution in [2.24, 2.45) is 0 Å². The molecule has 0 aliphatic carbocycles. The molecular weight excluding hydrogens is 264 g/mol. The Hall–Kier alpha value is -1.25. The number of Topliss-reactive ketones (excluding diaryl/α,β-unsaturated/α-hetero) is 1. The summed E-state index contributed by atoms with van der Waals surface area (Å²) in [6.07, 6.45) is 0.539. The van der Waals surface area contributed by atoms with E-state index in [-0.39, 0.29) is 5.78 Å². The van der Waals surface area contributed by atoms with Crippen LogP contribution in [-0.2, 0) is 0 Å². The predicted molar refractivity (Wildman–Crippen MR) is 76.6 cm³/mol. The summed E-state index contributed by atoms with van der Waals surface area (Å²) >= 11 is 7.70. The number of ketones is 1. The van der Waals surface area contributed by atoms with Gasteiger partial charge in [-0.3, -0.25) is 4.79 Å². The van der Waals surface area contributed by atoms with E-state index in [1.807, 2.05) is 55.5 Å². The Morgan fingerprint density at radius 1 is 1.11 bits per heavy atom. The number of carbonyl (C=O) groups excluding carboxylic acids is 1. The van der Waals surface area contributed by atoms with Gasteiger partial charge in [0.25, 0.3) is 0 Å². The van der Waals surface area contributed by atoms with Gasteiger partial charge in [0.1, 0.15) is 0 Å². The van der Waals surface area contributed by atoms with Gasteiger partial charge in [-0.2, -0.15) is 0 Å². The van der Waals surface area contributed by atoms with Gasteiger partial charge < -0.3 is 0 Å². The molecule has 0 fully saturated rings. The third-order valence-electron chi connectivity index (χ3n) is 2.56. The average Bonchev–Trinajstić information content (AvgIpc) is 2.41. The van der Waals surface area contributed by atoms with Crippen molar-refractivity contribution in [1.29, 1.82) is 0 Å². The maximum atomic E-state index is 11.5. The van der Waals surface area contributed by atoms with Gasteiger partial charge in [-0.1, -0.05) is 54.6 Å². The van der Waals surface area contributed by atoms with E-state index in [4.69, 9.17) is 11.6 Å². The first-order valence-electron chi connectivity index (χ1n) is 5.76. The third-order valence-corrected chi connectivity index (χ3v) is 4.09. The molecule has 0 aliphatic heterocycles. The summed E-state index contributed by atoms with van der Waals surface area (Å²) < 4.78 is 0. The lowest BCUT2D eigenvalue weighted by atomic mass is 10.1. The standard InChI is InChI=1S/C15H13ClOS/c1-2-14(17)11-7-9-12(10-8-11)18-15-6-4-3-5-13(15)16/h3-10H,2H2,1H3. The first-order valence-corrected chi connectivity index (χ1v) is 6.96. The molecule has 2 rings (SSSR count). The molecule has 3 heteroatoms. The molecule has 0 aliphatic rings. The molecule has 0 saturated heterocycles. The number of hydrogen-bond donors (Lipinski definition) is 0. The Kier molecular flexibility index (Phi) is 4.45. The van der Waals surface area contributed by atoms with Crippen molar-refractivity contribution in [2.45, 2.75) is 23.1 Å². The molecule has 0 aromatic heterocycles.